The molecule has 10 heteroatoms. The van der Waals surface area contributed by atoms with Crippen LogP contribution in [0.4, 0.5) is 4.39 Å². The average molecular weight is 455 g/mol. The summed E-state index contributed by atoms with van der Waals surface area (Å²) in [5, 5.41) is 12.4. The SMILES string of the molecule is O=c1ccc2ccc(F)cc2n1CCN1CCO[C@@H](CNCc2cc3c(nn2)OCCO3)C1. The molecule has 174 valence electrons. The molecule has 9 nitrogen and oxygen atoms in total. The van der Waals surface area contributed by atoms with Crippen molar-refractivity contribution < 1.29 is 18.6 Å². The highest BCUT2D eigenvalue weighted by Gasteiger charge is 2.21. The molecule has 3 aromatic rings. The number of halogens is 1. The van der Waals surface area contributed by atoms with Crippen LogP contribution < -0.4 is 20.3 Å². The third-order valence-electron chi connectivity index (χ3n) is 5.85. The molecular formula is C23H26FN5O4. The van der Waals surface area contributed by atoms with Crippen LogP contribution in [0.25, 0.3) is 10.9 Å². The van der Waals surface area contributed by atoms with Gasteiger partial charge >= 0.3 is 0 Å². The Morgan fingerprint density at radius 3 is 2.88 bits per heavy atom. The van der Waals surface area contributed by atoms with Crippen molar-refractivity contribution in [1.29, 1.82) is 0 Å². The number of benzene rings is 1. The summed E-state index contributed by atoms with van der Waals surface area (Å²) in [5.41, 5.74) is 1.27. The fourth-order valence-corrected chi connectivity index (χ4v) is 4.18. The first-order chi connectivity index (χ1) is 16.2. The molecule has 2 aromatic heterocycles. The van der Waals surface area contributed by atoms with Crippen LogP contribution >= 0.6 is 0 Å². The molecule has 1 N–H and O–H groups in total. The molecule has 5 rings (SSSR count). The van der Waals surface area contributed by atoms with E-state index in [2.05, 4.69) is 20.4 Å². The lowest BCUT2D eigenvalue weighted by molar-refractivity contribution is -0.0280. The Hall–Kier alpha value is -3.08. The van der Waals surface area contributed by atoms with Gasteiger partial charge in [0.1, 0.15) is 19.0 Å². The highest BCUT2D eigenvalue weighted by atomic mass is 19.1. The van der Waals surface area contributed by atoms with Crippen molar-refractivity contribution in [2.75, 3.05) is 46.0 Å². The topological polar surface area (TPSA) is 90.7 Å². The Balaban J connectivity index is 1.14. The minimum Gasteiger partial charge on any atom is -0.484 e. The number of hydrogen-bond donors (Lipinski definition) is 1. The molecule has 0 amide bonds. The predicted octanol–water partition coefficient (Wildman–Crippen LogP) is 1.19. The van der Waals surface area contributed by atoms with Gasteiger partial charge in [-0.2, -0.15) is 5.10 Å². The monoisotopic (exact) mass is 455 g/mol. The lowest BCUT2D eigenvalue weighted by atomic mass is 10.2. The smallest absolute Gasteiger partial charge is 0.276 e. The van der Waals surface area contributed by atoms with Crippen LogP contribution in [0.15, 0.2) is 41.2 Å². The van der Waals surface area contributed by atoms with Gasteiger partial charge in [-0.15, -0.1) is 5.10 Å². The summed E-state index contributed by atoms with van der Waals surface area (Å²) in [4.78, 5) is 14.7. The van der Waals surface area contributed by atoms with Crippen molar-refractivity contribution >= 4 is 10.9 Å². The minimum atomic E-state index is -0.345. The number of pyridine rings is 1. The van der Waals surface area contributed by atoms with Gasteiger partial charge in [-0.3, -0.25) is 9.69 Å². The van der Waals surface area contributed by atoms with E-state index in [1.165, 1.54) is 18.2 Å². The van der Waals surface area contributed by atoms with Gasteiger partial charge in [0.15, 0.2) is 5.75 Å². The molecule has 0 radical (unpaired) electrons. The molecule has 2 aliphatic heterocycles. The second kappa shape index (κ2) is 9.82. The van der Waals surface area contributed by atoms with E-state index in [1.54, 1.807) is 16.7 Å². The van der Waals surface area contributed by atoms with Crippen molar-refractivity contribution in [3.8, 4) is 11.6 Å². The number of nitrogens with zero attached hydrogens (tertiary/aromatic N) is 4. The van der Waals surface area contributed by atoms with E-state index in [9.17, 15) is 9.18 Å². The Morgan fingerprint density at radius 2 is 1.94 bits per heavy atom. The number of hydrogen-bond acceptors (Lipinski definition) is 8. The van der Waals surface area contributed by atoms with E-state index in [0.717, 1.165) is 24.2 Å². The number of nitrogens with one attached hydrogen (secondary N) is 1. The first kappa shape index (κ1) is 21.7. The van der Waals surface area contributed by atoms with Crippen LogP contribution in [0.3, 0.4) is 0 Å². The highest BCUT2D eigenvalue weighted by Crippen LogP contribution is 2.26. The first-order valence-corrected chi connectivity index (χ1v) is 11.1. The zero-order valence-electron chi connectivity index (χ0n) is 18.2. The summed E-state index contributed by atoms with van der Waals surface area (Å²) in [6, 6.07) is 9.64. The maximum absolute atomic E-state index is 13.7. The third-order valence-corrected chi connectivity index (χ3v) is 5.85. The largest absolute Gasteiger partial charge is 0.484 e. The second-order valence-electron chi connectivity index (χ2n) is 8.15. The zero-order chi connectivity index (χ0) is 22.6. The second-order valence-corrected chi connectivity index (χ2v) is 8.15. The Bertz CT molecular complexity index is 1190. The fraction of sp³-hybridized carbons (Fsp3) is 0.435. The molecule has 0 bridgehead atoms. The highest BCUT2D eigenvalue weighted by molar-refractivity contribution is 5.78. The fourth-order valence-electron chi connectivity index (χ4n) is 4.18. The predicted molar refractivity (Wildman–Crippen MR) is 119 cm³/mol. The normalized spacial score (nSPS) is 18.5. The molecular weight excluding hydrogens is 429 g/mol. The molecule has 4 heterocycles. The minimum absolute atomic E-state index is 0.0191. The summed E-state index contributed by atoms with van der Waals surface area (Å²) in [6.07, 6.45) is 0.0191. The molecule has 0 unspecified atom stereocenters. The van der Waals surface area contributed by atoms with Gasteiger partial charge in [0.05, 0.1) is 23.9 Å². The lowest BCUT2D eigenvalue weighted by Crippen LogP contribution is -2.47. The van der Waals surface area contributed by atoms with Gasteiger partial charge in [0.2, 0.25) is 0 Å². The maximum Gasteiger partial charge on any atom is 0.276 e. The summed E-state index contributed by atoms with van der Waals surface area (Å²) >= 11 is 0. The van der Waals surface area contributed by atoms with E-state index in [1.807, 2.05) is 6.07 Å². The van der Waals surface area contributed by atoms with E-state index in [0.29, 0.717) is 63.1 Å². The van der Waals surface area contributed by atoms with Crippen LogP contribution in [-0.4, -0.2) is 71.8 Å². The van der Waals surface area contributed by atoms with Crippen LogP contribution in [0.5, 0.6) is 11.6 Å². The Kier molecular flexibility index (Phi) is 6.47. The van der Waals surface area contributed by atoms with Gasteiger partial charge in [0, 0.05) is 51.4 Å². The molecule has 0 spiro atoms. The van der Waals surface area contributed by atoms with Crippen LogP contribution in [-0.2, 0) is 17.8 Å². The molecule has 1 saturated heterocycles. The van der Waals surface area contributed by atoms with Crippen LogP contribution in [0.2, 0.25) is 0 Å². The van der Waals surface area contributed by atoms with Crippen LogP contribution in [0, 0.1) is 5.82 Å². The Morgan fingerprint density at radius 1 is 1.06 bits per heavy atom. The molecule has 2 aliphatic rings. The van der Waals surface area contributed by atoms with E-state index >= 15 is 0 Å². The lowest BCUT2D eigenvalue weighted by Gasteiger charge is -2.33. The number of ether oxygens (including phenoxy) is 3. The molecule has 0 saturated carbocycles. The van der Waals surface area contributed by atoms with Gasteiger partial charge in [-0.05, 0) is 29.7 Å². The standard InChI is InChI=1S/C23H26FN5O4/c24-17-3-1-16-2-4-22(30)29(20(16)11-17)6-5-28-7-8-31-19(15-28)14-25-13-18-12-21-23(27-26-18)33-10-9-32-21/h1-4,11-12,19,25H,5-10,13-15H2/t19-/m0/s1. The van der Waals surface area contributed by atoms with Crippen molar-refractivity contribution in [2.45, 2.75) is 19.2 Å². The van der Waals surface area contributed by atoms with Crippen molar-refractivity contribution in [3.05, 3.63) is 58.3 Å². The molecule has 1 aromatic carbocycles. The molecule has 1 atom stereocenters. The molecule has 33 heavy (non-hydrogen) atoms. The van der Waals surface area contributed by atoms with Gasteiger partial charge in [-0.1, -0.05) is 0 Å². The first-order valence-electron chi connectivity index (χ1n) is 11.1. The number of fused-ring (bicyclic) bond motifs is 2. The summed E-state index contributed by atoms with van der Waals surface area (Å²) in [6.45, 7) is 5.53. The van der Waals surface area contributed by atoms with Gasteiger partial charge in [-0.25, -0.2) is 4.39 Å². The van der Waals surface area contributed by atoms with Crippen molar-refractivity contribution in [2.24, 2.45) is 0 Å². The van der Waals surface area contributed by atoms with E-state index in [4.69, 9.17) is 14.2 Å². The number of morpholine rings is 1. The van der Waals surface area contributed by atoms with E-state index in [-0.39, 0.29) is 17.5 Å². The molecule has 1 fully saturated rings. The zero-order valence-corrected chi connectivity index (χ0v) is 18.2. The third kappa shape index (κ3) is 5.13. The Labute approximate surface area is 190 Å². The quantitative estimate of drug-likeness (QED) is 0.568. The average Bonchev–Trinajstić information content (AvgIpc) is 2.83. The number of rotatable bonds is 7. The van der Waals surface area contributed by atoms with Gasteiger partial charge in [0.25, 0.3) is 11.4 Å². The maximum atomic E-state index is 13.7. The van der Waals surface area contributed by atoms with Crippen molar-refractivity contribution in [3.63, 3.8) is 0 Å². The van der Waals surface area contributed by atoms with Crippen LogP contribution in [0.1, 0.15) is 5.69 Å². The summed E-state index contributed by atoms with van der Waals surface area (Å²) in [7, 11) is 0. The van der Waals surface area contributed by atoms with Gasteiger partial charge < -0.3 is 24.1 Å². The summed E-state index contributed by atoms with van der Waals surface area (Å²) < 4.78 is 32.2. The summed E-state index contributed by atoms with van der Waals surface area (Å²) in [5.74, 6) is 0.711. The number of aromatic nitrogens is 3. The molecule has 0 aliphatic carbocycles. The van der Waals surface area contributed by atoms with E-state index < -0.39 is 0 Å². The van der Waals surface area contributed by atoms with Crippen molar-refractivity contribution in [1.82, 2.24) is 25.0 Å².